The van der Waals surface area contributed by atoms with Crippen molar-refractivity contribution in [1.82, 2.24) is 4.72 Å². The molecule has 0 saturated carbocycles. The molecule has 1 saturated heterocycles. The van der Waals surface area contributed by atoms with Gasteiger partial charge in [-0.2, -0.15) is 0 Å². The van der Waals surface area contributed by atoms with Crippen LogP contribution in [-0.4, -0.2) is 27.4 Å². The predicted molar refractivity (Wildman–Crippen MR) is 98.3 cm³/mol. The molecule has 132 valence electrons. The number of halogens is 1. The van der Waals surface area contributed by atoms with Gasteiger partial charge in [-0.15, -0.1) is 0 Å². The molecule has 1 amide bonds. The molecule has 25 heavy (non-hydrogen) atoms. The van der Waals surface area contributed by atoms with Crippen LogP contribution < -0.4 is 9.62 Å². The maximum absolute atomic E-state index is 12.3. The number of nitrogens with one attached hydrogen (secondary N) is 1. The SMILES string of the molecule is Cc1ccc(N2C[C@H](CNS(=O)(=O)c3ccc(Cl)cc3)CC2=O)cc1. The van der Waals surface area contributed by atoms with Crippen LogP contribution in [0.1, 0.15) is 12.0 Å². The van der Waals surface area contributed by atoms with E-state index < -0.39 is 10.0 Å². The van der Waals surface area contributed by atoms with Crippen LogP contribution in [0.5, 0.6) is 0 Å². The van der Waals surface area contributed by atoms with E-state index in [9.17, 15) is 13.2 Å². The highest BCUT2D eigenvalue weighted by Crippen LogP contribution is 2.25. The van der Waals surface area contributed by atoms with Crippen molar-refractivity contribution in [1.29, 1.82) is 0 Å². The van der Waals surface area contributed by atoms with Crippen LogP contribution in [0, 0.1) is 12.8 Å². The Balaban J connectivity index is 1.63. The molecule has 2 aromatic rings. The zero-order chi connectivity index (χ0) is 18.0. The first-order valence-electron chi connectivity index (χ1n) is 7.97. The zero-order valence-corrected chi connectivity index (χ0v) is 15.3. The van der Waals surface area contributed by atoms with Crippen molar-refractivity contribution in [3.63, 3.8) is 0 Å². The third kappa shape index (κ3) is 4.21. The van der Waals surface area contributed by atoms with Crippen molar-refractivity contribution < 1.29 is 13.2 Å². The Morgan fingerprint density at radius 2 is 1.76 bits per heavy atom. The molecule has 0 radical (unpaired) electrons. The van der Waals surface area contributed by atoms with Gasteiger partial charge in [0.05, 0.1) is 4.90 Å². The van der Waals surface area contributed by atoms with E-state index in [0.29, 0.717) is 18.0 Å². The molecule has 2 aromatic carbocycles. The van der Waals surface area contributed by atoms with E-state index in [1.54, 1.807) is 4.90 Å². The van der Waals surface area contributed by atoms with Gasteiger partial charge in [-0.25, -0.2) is 13.1 Å². The van der Waals surface area contributed by atoms with Gasteiger partial charge in [-0.3, -0.25) is 4.79 Å². The third-order valence-corrected chi connectivity index (χ3v) is 5.93. The average molecular weight is 379 g/mol. The maximum Gasteiger partial charge on any atom is 0.240 e. The topological polar surface area (TPSA) is 66.5 Å². The number of rotatable bonds is 5. The summed E-state index contributed by atoms with van der Waals surface area (Å²) in [5.41, 5.74) is 1.97. The largest absolute Gasteiger partial charge is 0.312 e. The number of carbonyl (C=O) groups is 1. The number of nitrogens with zero attached hydrogens (tertiary/aromatic N) is 1. The molecule has 5 nitrogen and oxygen atoms in total. The second kappa shape index (κ2) is 7.15. The minimum absolute atomic E-state index is 0.0135. The van der Waals surface area contributed by atoms with Gasteiger partial charge in [0, 0.05) is 30.2 Å². The predicted octanol–water partition coefficient (Wildman–Crippen LogP) is 2.98. The molecule has 3 rings (SSSR count). The molecule has 1 aliphatic rings. The molecule has 7 heteroatoms. The van der Waals surface area contributed by atoms with Crippen molar-refractivity contribution in [2.75, 3.05) is 18.0 Å². The monoisotopic (exact) mass is 378 g/mol. The second-order valence-corrected chi connectivity index (χ2v) is 8.42. The lowest BCUT2D eigenvalue weighted by Crippen LogP contribution is -2.31. The highest BCUT2D eigenvalue weighted by molar-refractivity contribution is 7.89. The van der Waals surface area contributed by atoms with E-state index in [1.807, 2.05) is 31.2 Å². The second-order valence-electron chi connectivity index (χ2n) is 6.22. The molecule has 1 aliphatic heterocycles. The van der Waals surface area contributed by atoms with Gasteiger partial charge in [0.25, 0.3) is 0 Å². The van der Waals surface area contributed by atoms with Crippen LogP contribution in [0.15, 0.2) is 53.4 Å². The van der Waals surface area contributed by atoms with E-state index in [0.717, 1.165) is 11.3 Å². The van der Waals surface area contributed by atoms with Crippen molar-refractivity contribution in [2.45, 2.75) is 18.2 Å². The molecule has 0 spiro atoms. The lowest BCUT2D eigenvalue weighted by Gasteiger charge is -2.17. The Morgan fingerprint density at radius 3 is 2.40 bits per heavy atom. The van der Waals surface area contributed by atoms with Crippen LogP contribution in [0.3, 0.4) is 0 Å². The Labute approximate surface area is 152 Å². The summed E-state index contributed by atoms with van der Waals surface area (Å²) in [7, 11) is -3.61. The number of benzene rings is 2. The Bertz CT molecular complexity index is 864. The molecule has 0 aromatic heterocycles. The lowest BCUT2D eigenvalue weighted by atomic mass is 10.1. The van der Waals surface area contributed by atoms with E-state index >= 15 is 0 Å². The zero-order valence-electron chi connectivity index (χ0n) is 13.8. The molecular weight excluding hydrogens is 360 g/mol. The van der Waals surface area contributed by atoms with Gasteiger partial charge in [-0.05, 0) is 49.2 Å². The van der Waals surface area contributed by atoms with Gasteiger partial charge in [-0.1, -0.05) is 29.3 Å². The average Bonchev–Trinajstić information content (AvgIpc) is 2.95. The van der Waals surface area contributed by atoms with E-state index in [2.05, 4.69) is 4.72 Å². The number of aryl methyl sites for hydroxylation is 1. The van der Waals surface area contributed by atoms with Gasteiger partial charge < -0.3 is 4.90 Å². The Kier molecular flexibility index (Phi) is 5.13. The van der Waals surface area contributed by atoms with Gasteiger partial charge in [0.1, 0.15) is 0 Å². The summed E-state index contributed by atoms with van der Waals surface area (Å²) >= 11 is 5.78. The minimum atomic E-state index is -3.61. The van der Waals surface area contributed by atoms with Crippen LogP contribution in [0.25, 0.3) is 0 Å². The Morgan fingerprint density at radius 1 is 1.12 bits per heavy atom. The highest BCUT2D eigenvalue weighted by atomic mass is 35.5. The maximum atomic E-state index is 12.3. The fourth-order valence-corrected chi connectivity index (χ4v) is 4.06. The molecule has 1 heterocycles. The summed E-state index contributed by atoms with van der Waals surface area (Å²) in [5.74, 6) is -0.0459. The fraction of sp³-hybridized carbons (Fsp3) is 0.278. The standard InChI is InChI=1S/C18H19ClN2O3S/c1-13-2-6-16(7-3-13)21-12-14(10-18(21)22)11-20-25(23,24)17-8-4-15(19)5-9-17/h2-9,14,20H,10-12H2,1H3/t14-/m0/s1. The van der Waals surface area contributed by atoms with Crippen molar-refractivity contribution >= 4 is 33.2 Å². The molecular formula is C18H19ClN2O3S. The van der Waals surface area contributed by atoms with Crippen LogP contribution in [0.2, 0.25) is 5.02 Å². The van der Waals surface area contributed by atoms with Gasteiger partial charge in [0.15, 0.2) is 0 Å². The summed E-state index contributed by atoms with van der Waals surface area (Å²) in [4.78, 5) is 14.1. The number of hydrogen-bond acceptors (Lipinski definition) is 3. The number of hydrogen-bond donors (Lipinski definition) is 1. The van der Waals surface area contributed by atoms with E-state index in [4.69, 9.17) is 11.6 Å². The van der Waals surface area contributed by atoms with Crippen molar-refractivity contribution in [3.8, 4) is 0 Å². The summed E-state index contributed by atoms with van der Waals surface area (Å²) in [6.07, 6.45) is 0.330. The van der Waals surface area contributed by atoms with E-state index in [1.165, 1.54) is 24.3 Å². The highest BCUT2D eigenvalue weighted by Gasteiger charge is 2.31. The van der Waals surface area contributed by atoms with Gasteiger partial charge >= 0.3 is 0 Å². The summed E-state index contributed by atoms with van der Waals surface area (Å²) < 4.78 is 27.2. The first kappa shape index (κ1) is 17.9. The smallest absolute Gasteiger partial charge is 0.240 e. The summed E-state index contributed by atoms with van der Waals surface area (Å²) in [5, 5.41) is 0.481. The number of anilines is 1. The fourth-order valence-electron chi connectivity index (χ4n) is 2.82. The third-order valence-electron chi connectivity index (χ3n) is 4.24. The van der Waals surface area contributed by atoms with Crippen LogP contribution in [-0.2, 0) is 14.8 Å². The Hall–Kier alpha value is -1.89. The summed E-state index contributed by atoms with van der Waals surface area (Å²) in [6.45, 7) is 2.72. The number of sulfonamides is 1. The molecule has 0 aliphatic carbocycles. The normalized spacial score (nSPS) is 17.9. The number of amides is 1. The molecule has 0 unspecified atom stereocenters. The first-order chi connectivity index (χ1) is 11.8. The van der Waals surface area contributed by atoms with E-state index in [-0.39, 0.29) is 23.3 Å². The van der Waals surface area contributed by atoms with Crippen LogP contribution in [0.4, 0.5) is 5.69 Å². The summed E-state index contributed by atoms with van der Waals surface area (Å²) in [6, 6.07) is 13.7. The number of carbonyl (C=O) groups excluding carboxylic acids is 1. The van der Waals surface area contributed by atoms with Crippen LogP contribution >= 0.6 is 11.6 Å². The van der Waals surface area contributed by atoms with Crippen molar-refractivity contribution in [3.05, 3.63) is 59.1 Å². The quantitative estimate of drug-likeness (QED) is 0.869. The lowest BCUT2D eigenvalue weighted by molar-refractivity contribution is -0.117. The molecule has 0 bridgehead atoms. The first-order valence-corrected chi connectivity index (χ1v) is 9.83. The minimum Gasteiger partial charge on any atom is -0.312 e. The molecule has 1 N–H and O–H groups in total. The van der Waals surface area contributed by atoms with Crippen molar-refractivity contribution in [2.24, 2.45) is 5.92 Å². The van der Waals surface area contributed by atoms with Gasteiger partial charge in [0.2, 0.25) is 15.9 Å². The molecule has 1 fully saturated rings. The molecule has 1 atom stereocenters.